The molecule has 0 radical (unpaired) electrons. The van der Waals surface area contributed by atoms with Crippen molar-refractivity contribution < 1.29 is 9.59 Å². The highest BCUT2D eigenvalue weighted by atomic mass is 79.9. The summed E-state index contributed by atoms with van der Waals surface area (Å²) < 4.78 is 2.61. The van der Waals surface area contributed by atoms with E-state index in [4.69, 9.17) is 0 Å². The van der Waals surface area contributed by atoms with Crippen LogP contribution in [0.15, 0.2) is 34.9 Å². The number of aryl methyl sites for hydroxylation is 2. The van der Waals surface area contributed by atoms with E-state index in [9.17, 15) is 9.59 Å². The lowest BCUT2D eigenvalue weighted by Crippen LogP contribution is -2.43. The molecule has 2 N–H and O–H groups in total. The molecular formula is C16H18BrN5O2. The minimum absolute atomic E-state index is 0.114. The number of hydrogen-bond acceptors (Lipinski definition) is 3. The van der Waals surface area contributed by atoms with Gasteiger partial charge in [-0.05, 0) is 37.6 Å². The van der Waals surface area contributed by atoms with E-state index in [0.29, 0.717) is 18.7 Å². The Morgan fingerprint density at radius 1 is 1.33 bits per heavy atom. The summed E-state index contributed by atoms with van der Waals surface area (Å²) in [6.07, 6.45) is 2.39. The molecule has 1 aromatic carbocycles. The van der Waals surface area contributed by atoms with Crippen LogP contribution in [-0.4, -0.2) is 34.3 Å². The van der Waals surface area contributed by atoms with E-state index < -0.39 is 6.04 Å². The maximum absolute atomic E-state index is 12.5. The van der Waals surface area contributed by atoms with Crippen LogP contribution in [0.5, 0.6) is 0 Å². The third-order valence-electron chi connectivity index (χ3n) is 3.89. The zero-order valence-corrected chi connectivity index (χ0v) is 15.0. The predicted molar refractivity (Wildman–Crippen MR) is 95.0 cm³/mol. The summed E-state index contributed by atoms with van der Waals surface area (Å²) in [6.45, 7) is 2.43. The molecule has 0 saturated carbocycles. The molecule has 3 amide bonds. The summed E-state index contributed by atoms with van der Waals surface area (Å²) in [7, 11) is 1.82. The van der Waals surface area contributed by atoms with Crippen molar-refractivity contribution in [2.24, 2.45) is 7.05 Å². The van der Waals surface area contributed by atoms with Crippen molar-refractivity contribution in [2.45, 2.75) is 19.4 Å². The fourth-order valence-corrected chi connectivity index (χ4v) is 3.03. The third kappa shape index (κ3) is 3.43. The average molecular weight is 392 g/mol. The molecule has 8 heteroatoms. The number of aromatic nitrogens is 2. The number of carbonyl (C=O) groups excluding carboxylic acids is 2. The van der Waals surface area contributed by atoms with Crippen molar-refractivity contribution >= 4 is 39.2 Å². The lowest BCUT2D eigenvalue weighted by Gasteiger charge is -2.16. The highest BCUT2D eigenvalue weighted by molar-refractivity contribution is 9.10. The molecule has 1 fully saturated rings. The molecule has 1 unspecified atom stereocenters. The van der Waals surface area contributed by atoms with Crippen LogP contribution >= 0.6 is 15.9 Å². The summed E-state index contributed by atoms with van der Waals surface area (Å²) in [6, 6.07) is 6.32. The van der Waals surface area contributed by atoms with Gasteiger partial charge in [-0.15, -0.1) is 0 Å². The van der Waals surface area contributed by atoms with Crippen molar-refractivity contribution in [3.05, 3.63) is 40.6 Å². The molecule has 1 aromatic heterocycles. The molecular weight excluding hydrogens is 374 g/mol. The van der Waals surface area contributed by atoms with Gasteiger partial charge in [-0.3, -0.25) is 9.48 Å². The number of anilines is 2. The van der Waals surface area contributed by atoms with Gasteiger partial charge in [-0.25, -0.2) is 4.79 Å². The number of halogens is 1. The first-order valence-corrected chi connectivity index (χ1v) is 8.38. The van der Waals surface area contributed by atoms with Crippen molar-refractivity contribution in [1.29, 1.82) is 0 Å². The predicted octanol–water partition coefficient (Wildman–Crippen LogP) is 2.42. The SMILES string of the molecule is Cc1nn(C)cc1N1CCC(NC(=O)Nc2ccc(Br)cc2)C1=O. The summed E-state index contributed by atoms with van der Waals surface area (Å²) in [5.74, 6) is -0.114. The quantitative estimate of drug-likeness (QED) is 0.842. The van der Waals surface area contributed by atoms with Crippen LogP contribution < -0.4 is 15.5 Å². The Kier molecular flexibility index (Phi) is 4.57. The molecule has 0 aliphatic carbocycles. The zero-order valence-electron chi connectivity index (χ0n) is 13.4. The first-order valence-electron chi connectivity index (χ1n) is 7.59. The second-order valence-corrected chi connectivity index (χ2v) is 6.63. The van der Waals surface area contributed by atoms with E-state index >= 15 is 0 Å². The molecule has 1 saturated heterocycles. The normalized spacial score (nSPS) is 17.2. The third-order valence-corrected chi connectivity index (χ3v) is 4.42. The minimum Gasteiger partial charge on any atom is -0.326 e. The van der Waals surface area contributed by atoms with Gasteiger partial charge in [0.2, 0.25) is 5.91 Å². The van der Waals surface area contributed by atoms with Crippen LogP contribution in [0.1, 0.15) is 12.1 Å². The first kappa shape index (κ1) is 16.5. The van der Waals surface area contributed by atoms with Crippen LogP contribution in [0.3, 0.4) is 0 Å². The van der Waals surface area contributed by atoms with Crippen molar-refractivity contribution in [1.82, 2.24) is 15.1 Å². The maximum atomic E-state index is 12.5. The molecule has 0 bridgehead atoms. The lowest BCUT2D eigenvalue weighted by molar-refractivity contribution is -0.118. The summed E-state index contributed by atoms with van der Waals surface area (Å²) in [5, 5.41) is 9.72. The molecule has 126 valence electrons. The molecule has 7 nitrogen and oxygen atoms in total. The van der Waals surface area contributed by atoms with Crippen LogP contribution in [-0.2, 0) is 11.8 Å². The largest absolute Gasteiger partial charge is 0.326 e. The standard InChI is InChI=1S/C16H18BrN5O2/c1-10-14(9-21(2)20-10)22-8-7-13(15(22)23)19-16(24)18-12-5-3-11(17)4-6-12/h3-6,9,13H,7-8H2,1-2H3,(H2,18,19,24). The summed E-state index contributed by atoms with van der Waals surface area (Å²) in [5.41, 5.74) is 2.26. The van der Waals surface area contributed by atoms with Gasteiger partial charge < -0.3 is 15.5 Å². The Hall–Kier alpha value is -2.35. The van der Waals surface area contributed by atoms with Crippen LogP contribution in [0, 0.1) is 6.92 Å². The van der Waals surface area contributed by atoms with Crippen molar-refractivity contribution in [3.63, 3.8) is 0 Å². The van der Waals surface area contributed by atoms with E-state index in [1.165, 1.54) is 0 Å². The van der Waals surface area contributed by atoms with E-state index in [1.807, 2.05) is 32.3 Å². The smallest absolute Gasteiger partial charge is 0.319 e. The molecule has 3 rings (SSSR count). The van der Waals surface area contributed by atoms with Crippen LogP contribution in [0.2, 0.25) is 0 Å². The summed E-state index contributed by atoms with van der Waals surface area (Å²) >= 11 is 3.34. The number of carbonyl (C=O) groups is 2. The van der Waals surface area contributed by atoms with Gasteiger partial charge in [0.1, 0.15) is 6.04 Å². The lowest BCUT2D eigenvalue weighted by atomic mass is 10.2. The van der Waals surface area contributed by atoms with Crippen LogP contribution in [0.25, 0.3) is 0 Å². The van der Waals surface area contributed by atoms with Gasteiger partial charge in [0.05, 0.1) is 11.4 Å². The molecule has 0 spiro atoms. The number of nitrogens with zero attached hydrogens (tertiary/aromatic N) is 3. The van der Waals surface area contributed by atoms with E-state index in [0.717, 1.165) is 15.9 Å². The Balaban J connectivity index is 1.62. The number of benzene rings is 1. The average Bonchev–Trinajstić information content (AvgIpc) is 3.04. The fraction of sp³-hybridized carbons (Fsp3) is 0.312. The number of nitrogens with one attached hydrogen (secondary N) is 2. The Morgan fingerprint density at radius 2 is 2.04 bits per heavy atom. The number of urea groups is 1. The summed E-state index contributed by atoms with van der Waals surface area (Å²) in [4.78, 5) is 26.3. The van der Waals surface area contributed by atoms with Gasteiger partial charge in [0.15, 0.2) is 0 Å². The van der Waals surface area contributed by atoms with E-state index in [-0.39, 0.29) is 11.9 Å². The van der Waals surface area contributed by atoms with Gasteiger partial charge in [0.25, 0.3) is 0 Å². The number of amides is 3. The van der Waals surface area contributed by atoms with Crippen molar-refractivity contribution in [3.8, 4) is 0 Å². The Morgan fingerprint density at radius 3 is 2.67 bits per heavy atom. The molecule has 2 heterocycles. The molecule has 1 aliphatic heterocycles. The Labute approximate surface area is 148 Å². The molecule has 24 heavy (non-hydrogen) atoms. The van der Waals surface area contributed by atoms with Gasteiger partial charge >= 0.3 is 6.03 Å². The molecule has 1 atom stereocenters. The monoisotopic (exact) mass is 391 g/mol. The first-order chi connectivity index (χ1) is 11.4. The van der Waals surface area contributed by atoms with E-state index in [1.54, 1.807) is 21.7 Å². The van der Waals surface area contributed by atoms with Crippen molar-refractivity contribution in [2.75, 3.05) is 16.8 Å². The second kappa shape index (κ2) is 6.64. The van der Waals surface area contributed by atoms with Gasteiger partial charge in [-0.1, -0.05) is 15.9 Å². The molecule has 2 aromatic rings. The highest BCUT2D eigenvalue weighted by Crippen LogP contribution is 2.24. The maximum Gasteiger partial charge on any atom is 0.319 e. The topological polar surface area (TPSA) is 79.3 Å². The van der Waals surface area contributed by atoms with Gasteiger partial charge in [0, 0.05) is 29.9 Å². The van der Waals surface area contributed by atoms with Gasteiger partial charge in [-0.2, -0.15) is 5.10 Å². The zero-order chi connectivity index (χ0) is 17.3. The Bertz CT molecular complexity index is 771. The van der Waals surface area contributed by atoms with E-state index in [2.05, 4.69) is 31.7 Å². The minimum atomic E-state index is -0.528. The molecule has 1 aliphatic rings. The second-order valence-electron chi connectivity index (χ2n) is 5.71. The number of hydrogen-bond donors (Lipinski definition) is 2. The number of rotatable bonds is 3. The fourth-order valence-electron chi connectivity index (χ4n) is 2.76. The highest BCUT2D eigenvalue weighted by Gasteiger charge is 2.35. The van der Waals surface area contributed by atoms with Crippen LogP contribution in [0.4, 0.5) is 16.2 Å².